The molecule has 5 rings (SSSR count). The van der Waals surface area contributed by atoms with Crippen LogP contribution in [0.3, 0.4) is 0 Å². The van der Waals surface area contributed by atoms with Crippen molar-refractivity contribution >= 4 is 23.2 Å². The van der Waals surface area contributed by atoms with Gasteiger partial charge in [-0.15, -0.1) is 0 Å². The minimum Gasteiger partial charge on any atom is -0.337 e. The molecular weight excluding hydrogens is 384 g/mol. The Hall–Kier alpha value is -2.37. The number of carbonyl (C=O) groups is 1. The second kappa shape index (κ2) is 7.47. The number of hydrogen-bond donors (Lipinski definition) is 0. The van der Waals surface area contributed by atoms with Crippen molar-refractivity contribution in [2.24, 2.45) is 0 Å². The Balaban J connectivity index is 1.25. The van der Waals surface area contributed by atoms with Gasteiger partial charge < -0.3 is 9.30 Å². The SMILES string of the molecule is Cc1cc(Cl)c2nc(C(=O)N3CCC(N4CCc5ccccc5C4)CC3)cn2c1. The zero-order valence-electron chi connectivity index (χ0n) is 16.6. The van der Waals surface area contributed by atoms with Gasteiger partial charge in [-0.25, -0.2) is 4.98 Å². The third kappa shape index (κ3) is 3.53. The Bertz CT molecular complexity index is 1070. The molecule has 0 radical (unpaired) electrons. The van der Waals surface area contributed by atoms with Crippen LogP contribution in [0.25, 0.3) is 5.65 Å². The highest BCUT2D eigenvalue weighted by Crippen LogP contribution is 2.26. The minimum absolute atomic E-state index is 0.00450. The fourth-order valence-corrected chi connectivity index (χ4v) is 5.03. The van der Waals surface area contributed by atoms with Gasteiger partial charge in [0.1, 0.15) is 5.69 Å². The molecule has 0 unspecified atom stereocenters. The van der Waals surface area contributed by atoms with E-state index in [-0.39, 0.29) is 5.91 Å². The number of aromatic nitrogens is 2. The Morgan fingerprint density at radius 1 is 1.10 bits per heavy atom. The van der Waals surface area contributed by atoms with E-state index in [1.165, 1.54) is 11.1 Å². The van der Waals surface area contributed by atoms with E-state index in [2.05, 4.69) is 34.1 Å². The smallest absolute Gasteiger partial charge is 0.274 e. The Morgan fingerprint density at radius 3 is 2.66 bits per heavy atom. The predicted octanol–water partition coefficient (Wildman–Crippen LogP) is 3.96. The first-order valence-corrected chi connectivity index (χ1v) is 10.7. The zero-order chi connectivity index (χ0) is 20.0. The van der Waals surface area contributed by atoms with Crippen molar-refractivity contribution in [3.8, 4) is 0 Å². The molecule has 29 heavy (non-hydrogen) atoms. The van der Waals surface area contributed by atoms with Gasteiger partial charge >= 0.3 is 0 Å². The fourth-order valence-electron chi connectivity index (χ4n) is 4.72. The molecule has 5 nitrogen and oxygen atoms in total. The summed E-state index contributed by atoms with van der Waals surface area (Å²) in [5.41, 5.74) is 5.10. The first-order chi connectivity index (χ1) is 14.1. The third-order valence-corrected chi connectivity index (χ3v) is 6.57. The number of nitrogens with zero attached hydrogens (tertiary/aromatic N) is 4. The molecule has 2 aliphatic rings. The van der Waals surface area contributed by atoms with Crippen molar-refractivity contribution in [1.29, 1.82) is 0 Å². The van der Waals surface area contributed by atoms with Crippen LogP contribution in [0, 0.1) is 6.92 Å². The molecule has 150 valence electrons. The number of amides is 1. The molecule has 2 aromatic heterocycles. The van der Waals surface area contributed by atoms with Crippen LogP contribution in [0.15, 0.2) is 42.7 Å². The van der Waals surface area contributed by atoms with Crippen LogP contribution >= 0.6 is 11.6 Å². The van der Waals surface area contributed by atoms with Crippen LogP contribution in [-0.4, -0.2) is 50.8 Å². The highest BCUT2D eigenvalue weighted by atomic mass is 35.5. The lowest BCUT2D eigenvalue weighted by molar-refractivity contribution is 0.0595. The molecule has 1 aromatic carbocycles. The Kier molecular flexibility index (Phi) is 4.80. The number of hydrogen-bond acceptors (Lipinski definition) is 3. The molecule has 2 aliphatic heterocycles. The summed E-state index contributed by atoms with van der Waals surface area (Å²) in [6.07, 6.45) is 6.90. The molecule has 6 heteroatoms. The van der Waals surface area contributed by atoms with Gasteiger partial charge in [-0.3, -0.25) is 9.69 Å². The van der Waals surface area contributed by atoms with Crippen LogP contribution < -0.4 is 0 Å². The van der Waals surface area contributed by atoms with E-state index in [9.17, 15) is 4.79 Å². The van der Waals surface area contributed by atoms with E-state index in [0.717, 1.165) is 51.0 Å². The van der Waals surface area contributed by atoms with Gasteiger partial charge in [0.25, 0.3) is 5.91 Å². The molecule has 1 fully saturated rings. The maximum absolute atomic E-state index is 13.0. The maximum Gasteiger partial charge on any atom is 0.274 e. The average Bonchev–Trinajstić information content (AvgIpc) is 3.17. The normalized spacial score (nSPS) is 18.2. The third-order valence-electron chi connectivity index (χ3n) is 6.29. The Labute approximate surface area is 175 Å². The van der Waals surface area contributed by atoms with E-state index in [1.807, 2.05) is 28.5 Å². The number of piperidine rings is 1. The van der Waals surface area contributed by atoms with Gasteiger partial charge in [-0.1, -0.05) is 35.9 Å². The molecule has 1 amide bonds. The number of benzene rings is 1. The summed E-state index contributed by atoms with van der Waals surface area (Å²) in [5.74, 6) is 0.00450. The lowest BCUT2D eigenvalue weighted by Gasteiger charge is -2.40. The van der Waals surface area contributed by atoms with E-state index in [0.29, 0.717) is 22.4 Å². The topological polar surface area (TPSA) is 40.9 Å². The highest BCUT2D eigenvalue weighted by Gasteiger charge is 2.30. The van der Waals surface area contributed by atoms with E-state index in [1.54, 1.807) is 6.20 Å². The molecule has 0 aliphatic carbocycles. The van der Waals surface area contributed by atoms with Crippen molar-refractivity contribution < 1.29 is 4.79 Å². The standard InChI is InChI=1S/C23H25ClN4O/c1-16-12-20(24)22-25-21(15-28(22)13-16)23(29)26-10-7-19(8-11-26)27-9-6-17-4-2-3-5-18(17)14-27/h2-5,12-13,15,19H,6-11,14H2,1H3. The van der Waals surface area contributed by atoms with Gasteiger partial charge in [0, 0.05) is 44.6 Å². The predicted molar refractivity (Wildman–Crippen MR) is 114 cm³/mol. The molecule has 0 atom stereocenters. The lowest BCUT2D eigenvalue weighted by Crippen LogP contribution is -2.48. The first-order valence-electron chi connectivity index (χ1n) is 10.3. The Morgan fingerprint density at radius 2 is 1.86 bits per heavy atom. The molecule has 0 N–H and O–H groups in total. The minimum atomic E-state index is 0.00450. The molecule has 1 saturated heterocycles. The zero-order valence-corrected chi connectivity index (χ0v) is 17.4. The van der Waals surface area contributed by atoms with E-state index in [4.69, 9.17) is 11.6 Å². The van der Waals surface area contributed by atoms with Gasteiger partial charge in [0.05, 0.1) is 5.02 Å². The molecule has 0 bridgehead atoms. The molecule has 3 aromatic rings. The van der Waals surface area contributed by atoms with Crippen LogP contribution in [0.1, 0.15) is 40.0 Å². The van der Waals surface area contributed by atoms with Crippen molar-refractivity contribution in [3.63, 3.8) is 0 Å². The fraction of sp³-hybridized carbons (Fsp3) is 0.391. The van der Waals surface area contributed by atoms with Crippen LogP contribution in [0.5, 0.6) is 0 Å². The molecule has 4 heterocycles. The number of aryl methyl sites for hydroxylation is 1. The summed E-state index contributed by atoms with van der Waals surface area (Å²) < 4.78 is 1.85. The number of halogens is 1. The maximum atomic E-state index is 13.0. The summed E-state index contributed by atoms with van der Waals surface area (Å²) in [6.45, 7) is 5.68. The van der Waals surface area contributed by atoms with Crippen LogP contribution in [-0.2, 0) is 13.0 Å². The summed E-state index contributed by atoms with van der Waals surface area (Å²) in [6, 6.07) is 11.2. The summed E-state index contributed by atoms with van der Waals surface area (Å²) >= 11 is 6.29. The van der Waals surface area contributed by atoms with Gasteiger partial charge in [-0.2, -0.15) is 0 Å². The van der Waals surface area contributed by atoms with Crippen molar-refractivity contribution in [1.82, 2.24) is 19.2 Å². The molecule has 0 spiro atoms. The van der Waals surface area contributed by atoms with Gasteiger partial charge in [0.2, 0.25) is 0 Å². The van der Waals surface area contributed by atoms with Crippen molar-refractivity contribution in [2.45, 2.75) is 38.8 Å². The summed E-state index contributed by atoms with van der Waals surface area (Å²) in [4.78, 5) is 22.0. The number of imidazole rings is 1. The van der Waals surface area contributed by atoms with Crippen molar-refractivity contribution in [2.75, 3.05) is 19.6 Å². The first kappa shape index (κ1) is 18.6. The van der Waals surface area contributed by atoms with E-state index < -0.39 is 0 Å². The second-order valence-corrected chi connectivity index (χ2v) is 8.64. The molecule has 0 saturated carbocycles. The largest absolute Gasteiger partial charge is 0.337 e. The van der Waals surface area contributed by atoms with Gasteiger partial charge in [-0.05, 0) is 48.9 Å². The number of pyridine rings is 1. The number of carbonyl (C=O) groups excluding carboxylic acids is 1. The lowest BCUT2D eigenvalue weighted by atomic mass is 9.95. The summed E-state index contributed by atoms with van der Waals surface area (Å²) in [7, 11) is 0. The number of rotatable bonds is 2. The van der Waals surface area contributed by atoms with E-state index >= 15 is 0 Å². The van der Waals surface area contributed by atoms with Crippen LogP contribution in [0.2, 0.25) is 5.02 Å². The number of likely N-dealkylation sites (tertiary alicyclic amines) is 1. The summed E-state index contributed by atoms with van der Waals surface area (Å²) in [5, 5.41) is 0.577. The average molecular weight is 409 g/mol. The quantitative estimate of drug-likeness (QED) is 0.644. The monoisotopic (exact) mass is 408 g/mol. The van der Waals surface area contributed by atoms with Crippen LogP contribution in [0.4, 0.5) is 0 Å². The molecular formula is C23H25ClN4O. The van der Waals surface area contributed by atoms with Crippen molar-refractivity contribution in [3.05, 3.63) is 70.1 Å². The van der Waals surface area contributed by atoms with Gasteiger partial charge in [0.15, 0.2) is 5.65 Å². The number of fused-ring (bicyclic) bond motifs is 2. The highest BCUT2D eigenvalue weighted by molar-refractivity contribution is 6.33. The second-order valence-electron chi connectivity index (χ2n) is 8.23.